The highest BCUT2D eigenvalue weighted by molar-refractivity contribution is 7.09. The van der Waals surface area contributed by atoms with Gasteiger partial charge in [0.1, 0.15) is 0 Å². The van der Waals surface area contributed by atoms with Gasteiger partial charge in [-0.25, -0.2) is 0 Å². The summed E-state index contributed by atoms with van der Waals surface area (Å²) in [6.07, 6.45) is 5.50. The molecule has 156 valence electrons. The summed E-state index contributed by atoms with van der Waals surface area (Å²) in [5.74, 6) is 1.57. The van der Waals surface area contributed by atoms with Crippen molar-refractivity contribution < 1.29 is 23.7 Å². The highest BCUT2D eigenvalue weighted by Crippen LogP contribution is 2.38. The van der Waals surface area contributed by atoms with Crippen molar-refractivity contribution in [3.05, 3.63) is 46.2 Å². The highest BCUT2D eigenvalue weighted by atomic mass is 32.1. The lowest BCUT2D eigenvalue weighted by Gasteiger charge is -2.24. The number of amides is 1. The standard InChI is InChI=1S/C22H27NO5S/c1-25-19-12-16(13-20(26-2)22(19)27-3)8-9-21(24)23(14-17-6-4-10-28-17)15-18-7-5-11-29-18/h5,7-9,11-13,17H,4,6,10,14-15H2,1-3H3/b9-8+. The molecule has 1 aromatic carbocycles. The number of nitrogens with zero attached hydrogens (tertiary/aromatic N) is 1. The highest BCUT2D eigenvalue weighted by Gasteiger charge is 2.22. The van der Waals surface area contributed by atoms with Crippen LogP contribution in [-0.2, 0) is 16.1 Å². The van der Waals surface area contributed by atoms with Crippen LogP contribution < -0.4 is 14.2 Å². The normalized spacial score (nSPS) is 16.2. The van der Waals surface area contributed by atoms with Crippen LogP contribution in [0, 0.1) is 0 Å². The first-order valence-corrected chi connectivity index (χ1v) is 10.4. The van der Waals surface area contributed by atoms with Gasteiger partial charge in [-0.05, 0) is 48.1 Å². The van der Waals surface area contributed by atoms with Crippen LogP contribution in [0.15, 0.2) is 35.7 Å². The maximum atomic E-state index is 13.0. The average molecular weight is 418 g/mol. The molecule has 0 radical (unpaired) electrons. The molecule has 6 nitrogen and oxygen atoms in total. The molecule has 0 bridgehead atoms. The van der Waals surface area contributed by atoms with Gasteiger partial charge in [-0.3, -0.25) is 4.79 Å². The molecule has 1 unspecified atom stereocenters. The third-order valence-electron chi connectivity index (χ3n) is 4.79. The maximum Gasteiger partial charge on any atom is 0.246 e. The van der Waals surface area contributed by atoms with E-state index < -0.39 is 0 Å². The Labute approximate surface area is 175 Å². The summed E-state index contributed by atoms with van der Waals surface area (Å²) in [4.78, 5) is 16.0. The fourth-order valence-corrected chi connectivity index (χ4v) is 4.05. The van der Waals surface area contributed by atoms with Gasteiger partial charge >= 0.3 is 0 Å². The molecule has 1 fully saturated rings. The van der Waals surface area contributed by atoms with E-state index in [1.165, 1.54) is 0 Å². The summed E-state index contributed by atoms with van der Waals surface area (Å²) in [5, 5.41) is 2.02. The molecule has 1 aliphatic rings. The van der Waals surface area contributed by atoms with Crippen molar-refractivity contribution in [2.24, 2.45) is 0 Å². The summed E-state index contributed by atoms with van der Waals surface area (Å²) in [6, 6.07) is 7.67. The second-order valence-corrected chi connectivity index (χ2v) is 7.76. The first kappa shape index (κ1) is 21.2. The Hall–Kier alpha value is -2.51. The van der Waals surface area contributed by atoms with E-state index in [0.717, 1.165) is 29.9 Å². The van der Waals surface area contributed by atoms with E-state index in [1.807, 2.05) is 34.5 Å². The minimum absolute atomic E-state index is 0.0531. The molecule has 0 saturated carbocycles. The lowest BCUT2D eigenvalue weighted by molar-refractivity contribution is -0.128. The van der Waals surface area contributed by atoms with Crippen molar-refractivity contribution in [3.63, 3.8) is 0 Å². The van der Waals surface area contributed by atoms with Gasteiger partial charge in [0.2, 0.25) is 11.7 Å². The lowest BCUT2D eigenvalue weighted by atomic mass is 10.1. The van der Waals surface area contributed by atoms with E-state index in [1.54, 1.807) is 44.8 Å². The molecule has 1 aliphatic heterocycles. The molecule has 0 aliphatic carbocycles. The first-order valence-electron chi connectivity index (χ1n) is 9.55. The van der Waals surface area contributed by atoms with Gasteiger partial charge < -0.3 is 23.8 Å². The molecule has 3 rings (SSSR count). The van der Waals surface area contributed by atoms with Crippen LogP contribution in [0.5, 0.6) is 17.2 Å². The van der Waals surface area contributed by atoms with Gasteiger partial charge in [-0.2, -0.15) is 0 Å². The monoisotopic (exact) mass is 417 g/mol. The van der Waals surface area contributed by atoms with Crippen molar-refractivity contribution in [3.8, 4) is 17.2 Å². The number of carbonyl (C=O) groups is 1. The smallest absolute Gasteiger partial charge is 0.246 e. The minimum atomic E-state index is -0.0531. The summed E-state index contributed by atoms with van der Waals surface area (Å²) in [7, 11) is 4.70. The van der Waals surface area contributed by atoms with Gasteiger partial charge in [0, 0.05) is 24.1 Å². The van der Waals surface area contributed by atoms with E-state index >= 15 is 0 Å². The van der Waals surface area contributed by atoms with Gasteiger partial charge in [-0.1, -0.05) is 6.07 Å². The zero-order valence-electron chi connectivity index (χ0n) is 17.1. The Balaban J connectivity index is 1.77. The number of benzene rings is 1. The summed E-state index contributed by atoms with van der Waals surface area (Å²) in [5.41, 5.74) is 0.793. The van der Waals surface area contributed by atoms with E-state index in [0.29, 0.717) is 30.3 Å². The predicted octanol–water partition coefficient (Wildman–Crippen LogP) is 3.99. The largest absolute Gasteiger partial charge is 0.493 e. The molecular weight excluding hydrogens is 390 g/mol. The van der Waals surface area contributed by atoms with E-state index in [2.05, 4.69) is 0 Å². The number of hydrogen-bond acceptors (Lipinski definition) is 6. The SMILES string of the molecule is COc1cc(/C=C/C(=O)N(Cc2cccs2)CC2CCCO2)cc(OC)c1OC. The Morgan fingerprint density at radius 2 is 2.00 bits per heavy atom. The Kier molecular flexibility index (Phi) is 7.55. The number of ether oxygens (including phenoxy) is 4. The van der Waals surface area contributed by atoms with Crippen LogP contribution in [0.25, 0.3) is 6.08 Å². The van der Waals surface area contributed by atoms with Crippen molar-refractivity contribution in [1.29, 1.82) is 0 Å². The van der Waals surface area contributed by atoms with Crippen LogP contribution in [0.4, 0.5) is 0 Å². The van der Waals surface area contributed by atoms with Crippen molar-refractivity contribution >= 4 is 23.3 Å². The number of methoxy groups -OCH3 is 3. The average Bonchev–Trinajstić information content (AvgIpc) is 3.44. The third kappa shape index (κ3) is 5.52. The number of rotatable bonds is 9. The van der Waals surface area contributed by atoms with Gasteiger partial charge in [-0.15, -0.1) is 11.3 Å². The molecule has 0 spiro atoms. The van der Waals surface area contributed by atoms with E-state index in [4.69, 9.17) is 18.9 Å². The molecular formula is C22H27NO5S. The second kappa shape index (κ2) is 10.3. The van der Waals surface area contributed by atoms with Crippen molar-refractivity contribution in [2.45, 2.75) is 25.5 Å². The van der Waals surface area contributed by atoms with Gasteiger partial charge in [0.25, 0.3) is 0 Å². The van der Waals surface area contributed by atoms with Gasteiger partial charge in [0.05, 0.1) is 34.0 Å². The van der Waals surface area contributed by atoms with Crippen molar-refractivity contribution in [2.75, 3.05) is 34.5 Å². The predicted molar refractivity (Wildman–Crippen MR) is 114 cm³/mol. The quantitative estimate of drug-likeness (QED) is 0.578. The third-order valence-corrected chi connectivity index (χ3v) is 5.65. The van der Waals surface area contributed by atoms with Crippen LogP contribution in [-0.4, -0.2) is 51.4 Å². The summed E-state index contributed by atoms with van der Waals surface area (Å²) < 4.78 is 21.9. The minimum Gasteiger partial charge on any atom is -0.493 e. The molecule has 1 saturated heterocycles. The molecule has 2 heterocycles. The van der Waals surface area contributed by atoms with E-state index in [-0.39, 0.29) is 12.0 Å². The van der Waals surface area contributed by atoms with Gasteiger partial charge in [0.15, 0.2) is 11.5 Å². The zero-order valence-corrected chi connectivity index (χ0v) is 17.9. The van der Waals surface area contributed by atoms with Crippen LogP contribution in [0.3, 0.4) is 0 Å². The Morgan fingerprint density at radius 3 is 2.55 bits per heavy atom. The molecule has 2 aromatic rings. The topological polar surface area (TPSA) is 57.2 Å². The van der Waals surface area contributed by atoms with E-state index in [9.17, 15) is 4.79 Å². The molecule has 7 heteroatoms. The van der Waals surface area contributed by atoms with Crippen LogP contribution >= 0.6 is 11.3 Å². The molecule has 29 heavy (non-hydrogen) atoms. The molecule has 0 N–H and O–H groups in total. The number of carbonyl (C=O) groups excluding carboxylic acids is 1. The first-order chi connectivity index (χ1) is 14.1. The fraction of sp³-hybridized carbons (Fsp3) is 0.409. The summed E-state index contributed by atoms with van der Waals surface area (Å²) >= 11 is 1.65. The number of thiophene rings is 1. The fourth-order valence-electron chi connectivity index (χ4n) is 3.33. The zero-order chi connectivity index (χ0) is 20.6. The van der Waals surface area contributed by atoms with Crippen molar-refractivity contribution in [1.82, 2.24) is 4.90 Å². The summed E-state index contributed by atoms with van der Waals surface area (Å²) in [6.45, 7) is 1.94. The molecule has 1 aromatic heterocycles. The number of hydrogen-bond donors (Lipinski definition) is 0. The lowest BCUT2D eigenvalue weighted by Crippen LogP contribution is -2.35. The molecule has 1 atom stereocenters. The van der Waals surface area contributed by atoms with Crippen LogP contribution in [0.1, 0.15) is 23.3 Å². The Bertz CT molecular complexity index is 803. The maximum absolute atomic E-state index is 13.0. The molecule has 1 amide bonds. The van der Waals surface area contributed by atoms with Crippen LogP contribution in [0.2, 0.25) is 0 Å². The second-order valence-electron chi connectivity index (χ2n) is 6.73. The Morgan fingerprint density at radius 1 is 1.24 bits per heavy atom.